The number of carbonyl (C=O) groups is 1. The molecule has 0 spiro atoms. The molecule has 2 amide bonds. The highest BCUT2D eigenvalue weighted by Crippen LogP contribution is 2.35. The van der Waals surface area contributed by atoms with Gasteiger partial charge in [-0.3, -0.25) is 4.90 Å². The van der Waals surface area contributed by atoms with Crippen molar-refractivity contribution in [2.75, 3.05) is 26.7 Å². The van der Waals surface area contributed by atoms with Crippen LogP contribution < -0.4 is 5.32 Å². The summed E-state index contributed by atoms with van der Waals surface area (Å²) in [6.45, 7) is 3.16. The van der Waals surface area contributed by atoms with Crippen molar-refractivity contribution in [3.63, 3.8) is 0 Å². The first-order chi connectivity index (χ1) is 11.6. The minimum absolute atomic E-state index is 0.0103. The van der Waals surface area contributed by atoms with Gasteiger partial charge in [-0.2, -0.15) is 0 Å². The molecular weight excluding hydrogens is 302 g/mol. The van der Waals surface area contributed by atoms with Crippen LogP contribution in [0.3, 0.4) is 0 Å². The van der Waals surface area contributed by atoms with Crippen molar-refractivity contribution < 1.29 is 9.90 Å². The molecule has 24 heavy (non-hydrogen) atoms. The Morgan fingerprint density at radius 3 is 2.79 bits per heavy atom. The summed E-state index contributed by atoms with van der Waals surface area (Å²) in [5, 5.41) is 12.5. The van der Waals surface area contributed by atoms with Crippen LogP contribution in [0.25, 0.3) is 0 Å². The van der Waals surface area contributed by atoms with E-state index in [1.807, 2.05) is 12.1 Å². The summed E-state index contributed by atoms with van der Waals surface area (Å²) in [5.41, 5.74) is 2.55. The highest BCUT2D eigenvalue weighted by atomic mass is 16.3. The van der Waals surface area contributed by atoms with Crippen molar-refractivity contribution in [3.8, 4) is 0 Å². The van der Waals surface area contributed by atoms with Gasteiger partial charge in [0.05, 0.1) is 12.6 Å². The Hall–Kier alpha value is -1.59. The number of hydrogen-bond acceptors (Lipinski definition) is 3. The van der Waals surface area contributed by atoms with Crippen molar-refractivity contribution in [2.45, 2.75) is 50.7 Å². The monoisotopic (exact) mass is 331 g/mol. The molecule has 2 N–H and O–H groups in total. The van der Waals surface area contributed by atoms with Gasteiger partial charge in [0.15, 0.2) is 0 Å². The number of amides is 2. The molecule has 132 valence electrons. The van der Waals surface area contributed by atoms with Crippen molar-refractivity contribution >= 4 is 6.03 Å². The molecule has 2 atom stereocenters. The summed E-state index contributed by atoms with van der Waals surface area (Å²) in [4.78, 5) is 16.9. The molecule has 0 aromatic heterocycles. The van der Waals surface area contributed by atoms with E-state index in [1.54, 1.807) is 4.90 Å². The largest absolute Gasteiger partial charge is 0.395 e. The van der Waals surface area contributed by atoms with E-state index in [0.717, 1.165) is 12.8 Å². The second-order valence-electron chi connectivity index (χ2n) is 7.10. The number of nitrogens with zero attached hydrogens (tertiary/aromatic N) is 2. The maximum absolute atomic E-state index is 12.7. The lowest BCUT2D eigenvalue weighted by molar-refractivity contribution is 0.148. The SMILES string of the molecule is CC(CNC(=O)N(CCO)C1CCc2ccccc21)N(C)C1CC1. The van der Waals surface area contributed by atoms with Gasteiger partial charge in [-0.25, -0.2) is 4.79 Å². The van der Waals surface area contributed by atoms with Crippen LogP contribution in [-0.4, -0.2) is 59.8 Å². The zero-order valence-electron chi connectivity index (χ0n) is 14.7. The Balaban J connectivity index is 1.61. The lowest BCUT2D eigenvalue weighted by atomic mass is 10.1. The number of aliphatic hydroxyl groups is 1. The van der Waals surface area contributed by atoms with Crippen molar-refractivity contribution in [2.24, 2.45) is 0 Å². The number of hydrogen-bond donors (Lipinski definition) is 2. The van der Waals surface area contributed by atoms with Gasteiger partial charge in [0.1, 0.15) is 0 Å². The van der Waals surface area contributed by atoms with Crippen molar-refractivity contribution in [1.29, 1.82) is 0 Å². The zero-order chi connectivity index (χ0) is 17.1. The fourth-order valence-corrected chi connectivity index (χ4v) is 3.69. The Labute approximate surface area is 144 Å². The van der Waals surface area contributed by atoms with E-state index in [4.69, 9.17) is 0 Å². The standard InChI is InChI=1S/C19H29N3O2/c1-14(21(2)16-8-9-16)13-20-19(24)22(11-12-23)18-10-7-15-5-3-4-6-17(15)18/h3-6,14,16,18,23H,7-13H2,1-2H3,(H,20,24). The molecule has 5 heteroatoms. The van der Waals surface area contributed by atoms with Crippen LogP contribution in [0, 0.1) is 0 Å². The van der Waals surface area contributed by atoms with Gasteiger partial charge in [0.25, 0.3) is 0 Å². The molecule has 2 unspecified atom stereocenters. The number of likely N-dealkylation sites (N-methyl/N-ethyl adjacent to an activating group) is 1. The van der Waals surface area contributed by atoms with Crippen molar-refractivity contribution in [3.05, 3.63) is 35.4 Å². The lowest BCUT2D eigenvalue weighted by Gasteiger charge is -2.31. The zero-order valence-corrected chi connectivity index (χ0v) is 14.7. The molecule has 0 saturated heterocycles. The predicted molar refractivity (Wildman–Crippen MR) is 94.9 cm³/mol. The molecule has 3 rings (SSSR count). The number of nitrogens with one attached hydrogen (secondary N) is 1. The average molecular weight is 331 g/mol. The van der Waals surface area contributed by atoms with E-state index in [9.17, 15) is 9.90 Å². The number of carbonyl (C=O) groups excluding carboxylic acids is 1. The van der Waals surface area contributed by atoms with E-state index < -0.39 is 0 Å². The number of aliphatic hydroxyl groups excluding tert-OH is 1. The lowest BCUT2D eigenvalue weighted by Crippen LogP contribution is -2.47. The molecule has 5 nitrogen and oxygen atoms in total. The summed E-state index contributed by atoms with van der Waals surface area (Å²) in [6.07, 6.45) is 4.47. The van der Waals surface area contributed by atoms with Crippen LogP contribution in [0.4, 0.5) is 4.79 Å². The molecule has 1 aromatic rings. The van der Waals surface area contributed by atoms with Gasteiger partial charge < -0.3 is 15.3 Å². The van der Waals surface area contributed by atoms with Gasteiger partial charge in [0, 0.05) is 25.2 Å². The first-order valence-electron chi connectivity index (χ1n) is 9.07. The first-order valence-corrected chi connectivity index (χ1v) is 9.07. The third-order valence-corrected chi connectivity index (χ3v) is 5.45. The van der Waals surface area contributed by atoms with Crippen LogP contribution in [0.5, 0.6) is 0 Å². The minimum atomic E-state index is -0.0678. The maximum Gasteiger partial charge on any atom is 0.318 e. The van der Waals surface area contributed by atoms with Gasteiger partial charge in [-0.15, -0.1) is 0 Å². The summed E-state index contributed by atoms with van der Waals surface area (Å²) in [6, 6.07) is 9.34. The highest BCUT2D eigenvalue weighted by molar-refractivity contribution is 5.75. The molecule has 2 aliphatic rings. The second kappa shape index (κ2) is 7.53. The number of fused-ring (bicyclic) bond motifs is 1. The fourth-order valence-electron chi connectivity index (χ4n) is 3.69. The van der Waals surface area contributed by atoms with E-state index in [-0.39, 0.29) is 18.7 Å². The van der Waals surface area contributed by atoms with Gasteiger partial charge >= 0.3 is 6.03 Å². The maximum atomic E-state index is 12.7. The summed E-state index contributed by atoms with van der Waals surface area (Å²) >= 11 is 0. The average Bonchev–Trinajstić information content (AvgIpc) is 3.36. The Bertz CT molecular complexity index is 573. The number of rotatable bonds is 7. The van der Waals surface area contributed by atoms with Crippen LogP contribution in [0.15, 0.2) is 24.3 Å². The van der Waals surface area contributed by atoms with Gasteiger partial charge in [0.2, 0.25) is 0 Å². The van der Waals surface area contributed by atoms with Crippen LogP contribution in [-0.2, 0) is 6.42 Å². The van der Waals surface area contributed by atoms with E-state index in [1.165, 1.54) is 24.0 Å². The minimum Gasteiger partial charge on any atom is -0.395 e. The molecule has 0 radical (unpaired) electrons. The molecule has 0 bridgehead atoms. The van der Waals surface area contributed by atoms with Gasteiger partial charge in [-0.1, -0.05) is 24.3 Å². The Morgan fingerprint density at radius 1 is 1.33 bits per heavy atom. The van der Waals surface area contributed by atoms with E-state index in [0.29, 0.717) is 25.2 Å². The molecule has 2 aliphatic carbocycles. The topological polar surface area (TPSA) is 55.8 Å². The van der Waals surface area contributed by atoms with Crippen LogP contribution in [0.2, 0.25) is 0 Å². The smallest absolute Gasteiger partial charge is 0.318 e. The first kappa shape index (κ1) is 17.2. The highest BCUT2D eigenvalue weighted by Gasteiger charge is 2.32. The Morgan fingerprint density at radius 2 is 2.08 bits per heavy atom. The molecular formula is C19H29N3O2. The van der Waals surface area contributed by atoms with Crippen LogP contribution >= 0.6 is 0 Å². The quantitative estimate of drug-likeness (QED) is 0.805. The molecule has 0 heterocycles. The third-order valence-electron chi connectivity index (χ3n) is 5.45. The predicted octanol–water partition coefficient (Wildman–Crippen LogP) is 2.16. The molecule has 1 fully saturated rings. The van der Waals surface area contributed by atoms with Crippen molar-refractivity contribution in [1.82, 2.24) is 15.1 Å². The number of benzene rings is 1. The molecule has 0 aliphatic heterocycles. The number of aryl methyl sites for hydroxylation is 1. The molecule has 1 aromatic carbocycles. The van der Waals surface area contributed by atoms with Crippen LogP contribution in [0.1, 0.15) is 43.4 Å². The van der Waals surface area contributed by atoms with E-state index in [2.05, 4.69) is 36.3 Å². The van der Waals surface area contributed by atoms with Gasteiger partial charge in [-0.05, 0) is 50.8 Å². The van der Waals surface area contributed by atoms with E-state index >= 15 is 0 Å². The summed E-state index contributed by atoms with van der Waals surface area (Å²) in [7, 11) is 2.13. The number of urea groups is 1. The molecule has 1 saturated carbocycles. The summed E-state index contributed by atoms with van der Waals surface area (Å²) in [5.74, 6) is 0. The third kappa shape index (κ3) is 3.73. The normalized spacial score (nSPS) is 20.8. The fraction of sp³-hybridized carbons (Fsp3) is 0.632. The summed E-state index contributed by atoms with van der Waals surface area (Å²) < 4.78 is 0. The second-order valence-corrected chi connectivity index (χ2v) is 7.10. The Kier molecular flexibility index (Phi) is 5.41.